The summed E-state index contributed by atoms with van der Waals surface area (Å²) < 4.78 is 41.8. The Bertz CT molecular complexity index is 1650. The Morgan fingerprint density at radius 1 is 1.03 bits per heavy atom. The average molecular weight is 563 g/mol. The van der Waals surface area contributed by atoms with E-state index < -0.39 is 16.0 Å². The molecule has 0 fully saturated rings. The molecule has 10 nitrogen and oxygen atoms in total. The van der Waals surface area contributed by atoms with E-state index in [0.29, 0.717) is 16.4 Å². The van der Waals surface area contributed by atoms with E-state index in [1.165, 1.54) is 42.5 Å². The first-order chi connectivity index (χ1) is 18.7. The zero-order valence-electron chi connectivity index (χ0n) is 20.8. The van der Waals surface area contributed by atoms with Crippen molar-refractivity contribution in [1.29, 1.82) is 5.41 Å². The van der Waals surface area contributed by atoms with E-state index in [9.17, 15) is 13.2 Å². The minimum absolute atomic E-state index is 0.00818. The van der Waals surface area contributed by atoms with Crippen LogP contribution in [-0.4, -0.2) is 49.1 Å². The number of thioether (sulfide) groups is 1. The number of ether oxygens (including phenoxy) is 2. The predicted molar refractivity (Wildman–Crippen MR) is 149 cm³/mol. The standard InChI is InChI=1S/C27H22N4O6S2/c1-17-8-11-20(12-9-17)39(33,34)37-22-13-10-18(15-23(22)35-2)14-21-25(28)31-27(29-26(21)32)38-24(30-31)16-36-19-6-4-3-5-7-19/h3-15,28H,16H2,1-2H3/b21-14+,28-25?. The molecule has 0 saturated carbocycles. The van der Waals surface area contributed by atoms with Gasteiger partial charge in [-0.2, -0.15) is 23.5 Å². The number of carbonyl (C=O) groups is 1. The van der Waals surface area contributed by atoms with Gasteiger partial charge in [-0.25, -0.2) is 0 Å². The molecule has 3 aromatic carbocycles. The molecule has 0 spiro atoms. The fourth-order valence-corrected chi connectivity index (χ4v) is 5.37. The molecule has 2 aliphatic rings. The summed E-state index contributed by atoms with van der Waals surface area (Å²) in [5.41, 5.74) is 1.40. The van der Waals surface area contributed by atoms with Crippen LogP contribution in [0, 0.1) is 12.3 Å². The number of hydrazone groups is 1. The van der Waals surface area contributed by atoms with E-state index in [4.69, 9.17) is 19.1 Å². The van der Waals surface area contributed by atoms with Gasteiger partial charge < -0.3 is 13.7 Å². The zero-order chi connectivity index (χ0) is 27.6. The summed E-state index contributed by atoms with van der Waals surface area (Å²) in [6.07, 6.45) is 1.46. The summed E-state index contributed by atoms with van der Waals surface area (Å²) in [5, 5.41) is 15.1. The van der Waals surface area contributed by atoms with Crippen molar-refractivity contribution in [1.82, 2.24) is 5.01 Å². The number of methoxy groups -OCH3 is 1. The van der Waals surface area contributed by atoms with Gasteiger partial charge in [0.1, 0.15) is 22.3 Å². The van der Waals surface area contributed by atoms with E-state index >= 15 is 0 Å². The highest BCUT2D eigenvalue weighted by molar-refractivity contribution is 8.27. The molecule has 3 aromatic rings. The van der Waals surface area contributed by atoms with Crippen molar-refractivity contribution in [3.05, 3.63) is 89.5 Å². The molecule has 0 radical (unpaired) electrons. The van der Waals surface area contributed by atoms with Crippen LogP contribution in [0.3, 0.4) is 0 Å². The van der Waals surface area contributed by atoms with Gasteiger partial charge in [0, 0.05) is 0 Å². The van der Waals surface area contributed by atoms with Gasteiger partial charge in [0.15, 0.2) is 17.3 Å². The van der Waals surface area contributed by atoms with E-state index in [2.05, 4.69) is 10.1 Å². The fraction of sp³-hybridized carbons (Fsp3) is 0.111. The van der Waals surface area contributed by atoms with Gasteiger partial charge in [0.05, 0.1) is 12.7 Å². The van der Waals surface area contributed by atoms with Crippen LogP contribution >= 0.6 is 11.8 Å². The van der Waals surface area contributed by atoms with Crippen molar-refractivity contribution in [2.24, 2.45) is 10.1 Å². The number of aryl methyl sites for hydroxylation is 1. The Morgan fingerprint density at radius 2 is 1.77 bits per heavy atom. The molecule has 0 saturated heterocycles. The monoisotopic (exact) mass is 562 g/mol. The maximum atomic E-state index is 12.8. The number of fused-ring (bicyclic) bond motifs is 1. The average Bonchev–Trinajstić information content (AvgIpc) is 3.34. The predicted octanol–water partition coefficient (Wildman–Crippen LogP) is 4.47. The third-order valence-electron chi connectivity index (χ3n) is 5.61. The first kappa shape index (κ1) is 26.2. The molecule has 0 aromatic heterocycles. The molecule has 5 rings (SSSR count). The molecular formula is C27H22N4O6S2. The van der Waals surface area contributed by atoms with Crippen LogP contribution in [0.5, 0.6) is 17.2 Å². The largest absolute Gasteiger partial charge is 0.493 e. The molecule has 198 valence electrons. The van der Waals surface area contributed by atoms with Gasteiger partial charge in [-0.1, -0.05) is 42.0 Å². The Balaban J connectivity index is 1.35. The Morgan fingerprint density at radius 3 is 2.49 bits per heavy atom. The summed E-state index contributed by atoms with van der Waals surface area (Å²) in [6, 6.07) is 20.0. The van der Waals surface area contributed by atoms with Gasteiger partial charge >= 0.3 is 10.1 Å². The lowest BCUT2D eigenvalue weighted by molar-refractivity contribution is -0.114. The van der Waals surface area contributed by atoms with Crippen molar-refractivity contribution in [3.8, 4) is 17.2 Å². The summed E-state index contributed by atoms with van der Waals surface area (Å²) in [4.78, 5) is 16.9. The van der Waals surface area contributed by atoms with Crippen molar-refractivity contribution in [2.45, 2.75) is 11.8 Å². The van der Waals surface area contributed by atoms with Crippen LogP contribution in [-0.2, 0) is 14.9 Å². The molecular weight excluding hydrogens is 540 g/mol. The molecule has 0 unspecified atom stereocenters. The van der Waals surface area contributed by atoms with E-state index in [1.54, 1.807) is 18.2 Å². The Kier molecular flexibility index (Phi) is 7.22. The molecule has 2 aliphatic heterocycles. The highest BCUT2D eigenvalue weighted by atomic mass is 32.2. The third-order valence-corrected chi connectivity index (χ3v) is 7.74. The number of hydrogen-bond donors (Lipinski definition) is 1. The first-order valence-electron chi connectivity index (χ1n) is 11.6. The topological polar surface area (TPSA) is 131 Å². The second kappa shape index (κ2) is 10.8. The van der Waals surface area contributed by atoms with Crippen molar-refractivity contribution in [3.63, 3.8) is 0 Å². The lowest BCUT2D eigenvalue weighted by Gasteiger charge is -2.20. The number of nitrogens with one attached hydrogen (secondary N) is 1. The smallest absolute Gasteiger partial charge is 0.339 e. The lowest BCUT2D eigenvalue weighted by atomic mass is 10.1. The zero-order valence-corrected chi connectivity index (χ0v) is 22.5. The fourth-order valence-electron chi connectivity index (χ4n) is 3.63. The lowest BCUT2D eigenvalue weighted by Crippen LogP contribution is -2.35. The van der Waals surface area contributed by atoms with Gasteiger partial charge in [-0.05, 0) is 66.7 Å². The number of nitrogens with zero attached hydrogens (tertiary/aromatic N) is 3. The van der Waals surface area contributed by atoms with Crippen molar-refractivity contribution < 1.29 is 26.9 Å². The van der Waals surface area contributed by atoms with Crippen LogP contribution in [0.2, 0.25) is 0 Å². The number of amidine groups is 2. The molecule has 2 heterocycles. The number of para-hydroxylation sites is 1. The number of hydrogen-bond acceptors (Lipinski definition) is 9. The minimum atomic E-state index is -4.09. The summed E-state index contributed by atoms with van der Waals surface area (Å²) in [7, 11) is -2.72. The van der Waals surface area contributed by atoms with Gasteiger partial charge in [-0.3, -0.25) is 10.2 Å². The number of rotatable bonds is 8. The summed E-state index contributed by atoms with van der Waals surface area (Å²) in [6.45, 7) is 2.01. The van der Waals surface area contributed by atoms with Gasteiger partial charge in [-0.15, -0.1) is 0 Å². The second-order valence-electron chi connectivity index (χ2n) is 8.38. The van der Waals surface area contributed by atoms with Gasteiger partial charge in [0.2, 0.25) is 5.17 Å². The molecule has 1 N–H and O–H groups in total. The highest BCUT2D eigenvalue weighted by Crippen LogP contribution is 2.33. The maximum absolute atomic E-state index is 12.8. The summed E-state index contributed by atoms with van der Waals surface area (Å²) >= 11 is 1.16. The Hall–Kier alpha value is -4.42. The normalized spacial score (nSPS) is 16.1. The Labute approximate surface area is 229 Å². The molecule has 39 heavy (non-hydrogen) atoms. The quantitative estimate of drug-likeness (QED) is 0.314. The third kappa shape index (κ3) is 5.71. The molecule has 0 atom stereocenters. The highest BCUT2D eigenvalue weighted by Gasteiger charge is 2.35. The molecule has 0 aliphatic carbocycles. The number of amides is 1. The summed E-state index contributed by atoms with van der Waals surface area (Å²) in [5.74, 6) is 0.0459. The van der Waals surface area contributed by atoms with Crippen LogP contribution in [0.25, 0.3) is 6.08 Å². The van der Waals surface area contributed by atoms with Crippen LogP contribution in [0.1, 0.15) is 11.1 Å². The SMILES string of the molecule is COc1cc(/C=C2\C(=N)N3N=C(COc4ccccc4)SC3=NC2=O)ccc1OS(=O)(=O)c1ccc(C)cc1. The molecule has 12 heteroatoms. The van der Waals surface area contributed by atoms with Crippen LogP contribution in [0.15, 0.2) is 93.4 Å². The maximum Gasteiger partial charge on any atom is 0.339 e. The van der Waals surface area contributed by atoms with Crippen molar-refractivity contribution >= 4 is 49.9 Å². The number of benzene rings is 3. The first-order valence-corrected chi connectivity index (χ1v) is 13.8. The van der Waals surface area contributed by atoms with Crippen molar-refractivity contribution in [2.75, 3.05) is 13.7 Å². The van der Waals surface area contributed by atoms with Crippen LogP contribution < -0.4 is 13.7 Å². The number of aliphatic imine (C=N–C) groups is 1. The van der Waals surface area contributed by atoms with E-state index in [1.807, 2.05) is 37.3 Å². The van der Waals surface area contributed by atoms with E-state index in [-0.39, 0.29) is 39.6 Å². The second-order valence-corrected chi connectivity index (χ2v) is 11.0. The molecule has 1 amide bonds. The number of carbonyl (C=O) groups excluding carboxylic acids is 1. The van der Waals surface area contributed by atoms with Gasteiger partial charge in [0.25, 0.3) is 5.91 Å². The minimum Gasteiger partial charge on any atom is -0.493 e. The van der Waals surface area contributed by atoms with Crippen LogP contribution in [0.4, 0.5) is 0 Å². The molecule has 0 bridgehead atoms. The van der Waals surface area contributed by atoms with E-state index in [0.717, 1.165) is 17.3 Å².